The molecule has 0 unspecified atom stereocenters. The Labute approximate surface area is 141 Å². The second kappa shape index (κ2) is 5.93. The van der Waals surface area contributed by atoms with Crippen LogP contribution in [0.2, 0.25) is 0 Å². The van der Waals surface area contributed by atoms with Crippen LogP contribution < -0.4 is 9.64 Å². The van der Waals surface area contributed by atoms with Crippen molar-refractivity contribution in [2.24, 2.45) is 5.92 Å². The van der Waals surface area contributed by atoms with Crippen molar-refractivity contribution in [3.8, 4) is 5.75 Å². The Morgan fingerprint density at radius 1 is 1.25 bits per heavy atom. The minimum Gasteiger partial charge on any atom is -0.495 e. The van der Waals surface area contributed by atoms with Gasteiger partial charge in [0.05, 0.1) is 12.8 Å². The quantitative estimate of drug-likeness (QED) is 0.856. The third-order valence-corrected chi connectivity index (χ3v) is 5.05. The summed E-state index contributed by atoms with van der Waals surface area (Å²) in [5.41, 5.74) is 3.00. The molecule has 2 atom stereocenters. The summed E-state index contributed by atoms with van der Waals surface area (Å²) < 4.78 is 18.9. The van der Waals surface area contributed by atoms with E-state index in [2.05, 4.69) is 6.07 Å². The smallest absolute Gasteiger partial charge is 0.230 e. The highest BCUT2D eigenvalue weighted by Crippen LogP contribution is 2.50. The number of benzene rings is 2. The number of carbonyl (C=O) groups is 1. The number of methoxy groups -OCH3 is 1. The number of rotatable bonds is 3. The number of fused-ring (bicyclic) bond motifs is 1. The number of ether oxygens (including phenoxy) is 1. The van der Waals surface area contributed by atoms with Gasteiger partial charge >= 0.3 is 0 Å². The Hall–Kier alpha value is -2.36. The lowest BCUT2D eigenvalue weighted by Gasteiger charge is -2.31. The molecule has 0 spiro atoms. The minimum absolute atomic E-state index is 0.0531. The molecule has 4 heteroatoms. The number of nitrogens with zero attached hydrogens (tertiary/aromatic N) is 1. The van der Waals surface area contributed by atoms with Crippen molar-refractivity contribution < 1.29 is 13.9 Å². The lowest BCUT2D eigenvalue weighted by molar-refractivity contribution is -0.120. The molecule has 0 saturated heterocycles. The predicted molar refractivity (Wildman–Crippen MR) is 90.9 cm³/mol. The molecule has 4 rings (SSSR count). The van der Waals surface area contributed by atoms with Gasteiger partial charge in [-0.25, -0.2) is 4.39 Å². The van der Waals surface area contributed by atoms with Crippen LogP contribution >= 0.6 is 0 Å². The molecular weight excluding hydrogens is 305 g/mol. The third-order valence-electron chi connectivity index (χ3n) is 5.05. The first kappa shape index (κ1) is 15.2. The number of hydrogen-bond acceptors (Lipinski definition) is 2. The predicted octanol–water partition coefficient (Wildman–Crippen LogP) is 3.92. The summed E-state index contributed by atoms with van der Waals surface area (Å²) in [6.07, 6.45) is 2.72. The van der Waals surface area contributed by atoms with Crippen LogP contribution in [0.25, 0.3) is 0 Å². The standard InChI is InChI=1S/C20H20FNO2/c1-24-18-9-3-5-13-7-4-10-22(19(13)18)20(23)17-12-16(17)14-6-2-8-15(21)11-14/h2-3,5-6,8-9,11,16-17H,4,7,10,12H2,1H3/t16-,17+/m1/s1. The van der Waals surface area contributed by atoms with E-state index < -0.39 is 0 Å². The molecule has 0 radical (unpaired) electrons. The number of halogens is 1. The van der Waals surface area contributed by atoms with Gasteiger partial charge in [0.25, 0.3) is 0 Å². The van der Waals surface area contributed by atoms with Gasteiger partial charge in [0.2, 0.25) is 5.91 Å². The first-order valence-electron chi connectivity index (χ1n) is 8.42. The number of carbonyl (C=O) groups excluding carboxylic acids is 1. The molecule has 2 aromatic carbocycles. The van der Waals surface area contributed by atoms with Crippen LogP contribution in [-0.2, 0) is 11.2 Å². The maximum Gasteiger partial charge on any atom is 0.230 e. The maximum absolute atomic E-state index is 13.4. The van der Waals surface area contributed by atoms with Crippen LogP contribution in [0.5, 0.6) is 5.75 Å². The van der Waals surface area contributed by atoms with E-state index in [1.165, 1.54) is 6.07 Å². The monoisotopic (exact) mass is 325 g/mol. The number of para-hydroxylation sites is 1. The molecule has 1 saturated carbocycles. The largest absolute Gasteiger partial charge is 0.495 e. The van der Waals surface area contributed by atoms with Gasteiger partial charge in [-0.05, 0) is 54.5 Å². The Morgan fingerprint density at radius 2 is 2.08 bits per heavy atom. The lowest BCUT2D eigenvalue weighted by Crippen LogP contribution is -2.37. The van der Waals surface area contributed by atoms with Crippen LogP contribution in [0.3, 0.4) is 0 Å². The zero-order valence-corrected chi connectivity index (χ0v) is 13.7. The Bertz CT molecular complexity index is 775. The van der Waals surface area contributed by atoms with Crippen LogP contribution in [0.1, 0.15) is 29.9 Å². The Kier molecular flexibility index (Phi) is 3.75. The molecular formula is C20H20FNO2. The normalized spacial score (nSPS) is 22.0. The van der Waals surface area contributed by atoms with Gasteiger partial charge in [0.1, 0.15) is 11.6 Å². The van der Waals surface area contributed by atoms with E-state index in [1.807, 2.05) is 23.1 Å². The van der Waals surface area contributed by atoms with Crippen molar-refractivity contribution in [3.05, 3.63) is 59.4 Å². The second-order valence-electron chi connectivity index (χ2n) is 6.57. The van der Waals surface area contributed by atoms with Gasteiger partial charge in [-0.15, -0.1) is 0 Å². The van der Waals surface area contributed by atoms with Gasteiger partial charge in [-0.3, -0.25) is 4.79 Å². The molecule has 1 aliphatic carbocycles. The summed E-state index contributed by atoms with van der Waals surface area (Å²) in [5.74, 6) is 0.727. The number of hydrogen-bond donors (Lipinski definition) is 0. The summed E-state index contributed by atoms with van der Waals surface area (Å²) in [4.78, 5) is 14.9. The Morgan fingerprint density at radius 3 is 2.88 bits per heavy atom. The van der Waals surface area contributed by atoms with Crippen LogP contribution in [-0.4, -0.2) is 19.6 Å². The van der Waals surface area contributed by atoms with Crippen LogP contribution in [0.4, 0.5) is 10.1 Å². The highest BCUT2D eigenvalue weighted by Gasteiger charge is 2.47. The van der Waals surface area contributed by atoms with Gasteiger partial charge in [-0.2, -0.15) is 0 Å². The SMILES string of the molecule is COc1cccc2c1N(C(=O)[C@H]1C[C@@H]1c1cccc(F)c1)CCC2. The summed E-state index contributed by atoms with van der Waals surface area (Å²) >= 11 is 0. The lowest BCUT2D eigenvalue weighted by atomic mass is 10.00. The zero-order chi connectivity index (χ0) is 16.7. The first-order chi connectivity index (χ1) is 11.7. The maximum atomic E-state index is 13.4. The number of anilines is 1. The van der Waals surface area contributed by atoms with E-state index in [1.54, 1.807) is 19.2 Å². The third kappa shape index (κ3) is 2.56. The second-order valence-corrected chi connectivity index (χ2v) is 6.57. The summed E-state index contributed by atoms with van der Waals surface area (Å²) in [7, 11) is 1.64. The van der Waals surface area contributed by atoms with E-state index in [9.17, 15) is 9.18 Å². The van der Waals surface area contributed by atoms with E-state index >= 15 is 0 Å². The number of aryl methyl sites for hydroxylation is 1. The topological polar surface area (TPSA) is 29.5 Å². The summed E-state index contributed by atoms with van der Waals surface area (Å²) in [5, 5.41) is 0. The Balaban J connectivity index is 1.59. The molecule has 2 aromatic rings. The molecule has 0 bridgehead atoms. The number of amides is 1. The van der Waals surface area contributed by atoms with Gasteiger partial charge in [-0.1, -0.05) is 24.3 Å². The van der Waals surface area contributed by atoms with Crippen molar-refractivity contribution in [2.45, 2.75) is 25.2 Å². The molecule has 24 heavy (non-hydrogen) atoms. The van der Waals surface area contributed by atoms with Crippen molar-refractivity contribution in [1.29, 1.82) is 0 Å². The fraction of sp³-hybridized carbons (Fsp3) is 0.350. The van der Waals surface area contributed by atoms with Crippen molar-refractivity contribution >= 4 is 11.6 Å². The zero-order valence-electron chi connectivity index (χ0n) is 13.7. The molecule has 0 aromatic heterocycles. The van der Waals surface area contributed by atoms with E-state index in [4.69, 9.17) is 4.74 Å². The molecule has 124 valence electrons. The van der Waals surface area contributed by atoms with Crippen molar-refractivity contribution in [3.63, 3.8) is 0 Å². The molecule has 0 N–H and O–H groups in total. The van der Waals surface area contributed by atoms with E-state index in [0.717, 1.165) is 48.4 Å². The highest BCUT2D eigenvalue weighted by molar-refractivity contribution is 5.99. The summed E-state index contributed by atoms with van der Waals surface area (Å²) in [6, 6.07) is 12.5. The average molecular weight is 325 g/mol. The van der Waals surface area contributed by atoms with E-state index in [-0.39, 0.29) is 23.6 Å². The average Bonchev–Trinajstić information content (AvgIpc) is 3.41. The fourth-order valence-corrected chi connectivity index (χ4v) is 3.77. The van der Waals surface area contributed by atoms with Gasteiger partial charge in [0, 0.05) is 12.5 Å². The first-order valence-corrected chi connectivity index (χ1v) is 8.42. The summed E-state index contributed by atoms with van der Waals surface area (Å²) in [6.45, 7) is 0.721. The van der Waals surface area contributed by atoms with Crippen LogP contribution in [0, 0.1) is 11.7 Å². The fourth-order valence-electron chi connectivity index (χ4n) is 3.77. The molecule has 2 aliphatic rings. The van der Waals surface area contributed by atoms with E-state index in [0.29, 0.717) is 0 Å². The van der Waals surface area contributed by atoms with Crippen molar-refractivity contribution in [2.75, 3.05) is 18.6 Å². The molecule has 1 fully saturated rings. The van der Waals surface area contributed by atoms with Crippen LogP contribution in [0.15, 0.2) is 42.5 Å². The molecule has 1 aliphatic heterocycles. The minimum atomic E-state index is -0.240. The molecule has 1 heterocycles. The molecule has 1 amide bonds. The van der Waals surface area contributed by atoms with Gasteiger partial charge in [0.15, 0.2) is 0 Å². The highest BCUT2D eigenvalue weighted by atomic mass is 19.1. The van der Waals surface area contributed by atoms with Crippen molar-refractivity contribution in [1.82, 2.24) is 0 Å². The van der Waals surface area contributed by atoms with Gasteiger partial charge < -0.3 is 9.64 Å². The molecule has 3 nitrogen and oxygen atoms in total.